The molecule has 1 amide bonds. The minimum atomic E-state index is -3.87. The normalized spacial score (nSPS) is 18.4. The van der Waals surface area contributed by atoms with E-state index in [1.807, 2.05) is 4.90 Å². The molecule has 0 aromatic heterocycles. The molecule has 2 N–H and O–H groups in total. The number of carbonyl (C=O) groups is 1. The smallest absolute Gasteiger partial charge is 0.254 e. The van der Waals surface area contributed by atoms with Gasteiger partial charge in [0.15, 0.2) is 0 Å². The third kappa shape index (κ3) is 6.52. The molecule has 1 aromatic rings. The molecule has 0 atom stereocenters. The zero-order chi connectivity index (χ0) is 23.4. The van der Waals surface area contributed by atoms with Gasteiger partial charge in [-0.2, -0.15) is 9.98 Å². The van der Waals surface area contributed by atoms with Crippen LogP contribution in [-0.2, 0) is 10.0 Å². The number of carbonyl (C=O) groups excluding carboxylic acids is 1. The Morgan fingerprint density at radius 2 is 1.87 bits per heavy atom. The molecule has 1 aliphatic rings. The molecule has 31 heavy (non-hydrogen) atoms. The van der Waals surface area contributed by atoms with E-state index in [2.05, 4.69) is 44.7 Å². The molecule has 1 fully saturated rings. The van der Waals surface area contributed by atoms with Crippen molar-refractivity contribution in [2.45, 2.75) is 89.2 Å². The molecule has 0 aliphatic carbocycles. The number of aryl methyl sites for hydroxylation is 1. The van der Waals surface area contributed by atoms with Crippen molar-refractivity contribution in [1.29, 1.82) is 5.26 Å². The van der Waals surface area contributed by atoms with Gasteiger partial charge in [0, 0.05) is 29.2 Å². The van der Waals surface area contributed by atoms with Crippen molar-refractivity contribution in [3.63, 3.8) is 0 Å². The molecule has 1 saturated heterocycles. The molecule has 0 saturated carbocycles. The highest BCUT2D eigenvalue weighted by atomic mass is 32.2. The van der Waals surface area contributed by atoms with E-state index in [9.17, 15) is 13.2 Å². The van der Waals surface area contributed by atoms with E-state index in [1.165, 1.54) is 6.07 Å². The molecule has 1 heterocycles. The summed E-state index contributed by atoms with van der Waals surface area (Å²) in [6.07, 6.45) is 3.50. The van der Waals surface area contributed by atoms with Gasteiger partial charge in [-0.1, -0.05) is 19.4 Å². The summed E-state index contributed by atoms with van der Waals surface area (Å²) in [5, 5.41) is 12.4. The molecule has 0 bridgehead atoms. The highest BCUT2D eigenvalue weighted by Gasteiger charge is 2.41. The molecular formula is C23H36N4O3S. The van der Waals surface area contributed by atoms with Crippen molar-refractivity contribution in [1.82, 2.24) is 14.9 Å². The van der Waals surface area contributed by atoms with Crippen molar-refractivity contribution in [2.75, 3.05) is 13.1 Å². The van der Waals surface area contributed by atoms with Gasteiger partial charge < -0.3 is 10.2 Å². The van der Waals surface area contributed by atoms with Crippen LogP contribution in [0.1, 0.15) is 76.2 Å². The summed E-state index contributed by atoms with van der Waals surface area (Å²) in [6.45, 7) is 12.7. The van der Waals surface area contributed by atoms with E-state index in [0.717, 1.165) is 25.7 Å². The van der Waals surface area contributed by atoms with E-state index in [4.69, 9.17) is 5.26 Å². The third-order valence-electron chi connectivity index (χ3n) is 5.69. The maximum atomic E-state index is 13.6. The number of amides is 1. The predicted octanol–water partition coefficient (Wildman–Crippen LogP) is 3.35. The Balaban J connectivity index is 2.42. The minimum absolute atomic E-state index is 0.0370. The van der Waals surface area contributed by atoms with E-state index in [-0.39, 0.29) is 34.5 Å². The summed E-state index contributed by atoms with van der Waals surface area (Å²) >= 11 is 0. The number of piperidine rings is 1. The molecule has 7 nitrogen and oxygen atoms in total. The van der Waals surface area contributed by atoms with Crippen LogP contribution in [-0.4, -0.2) is 49.4 Å². The van der Waals surface area contributed by atoms with Gasteiger partial charge in [0.05, 0.1) is 17.5 Å². The quantitative estimate of drug-likeness (QED) is 0.594. The Bertz CT molecular complexity index is 932. The van der Waals surface area contributed by atoms with Crippen LogP contribution >= 0.6 is 0 Å². The number of hydrogen-bond acceptors (Lipinski definition) is 5. The zero-order valence-electron chi connectivity index (χ0n) is 19.6. The van der Waals surface area contributed by atoms with E-state index in [1.54, 1.807) is 25.1 Å². The monoisotopic (exact) mass is 448 g/mol. The van der Waals surface area contributed by atoms with Gasteiger partial charge in [-0.05, 0) is 71.6 Å². The maximum Gasteiger partial charge on any atom is 0.254 e. The highest BCUT2D eigenvalue weighted by Crippen LogP contribution is 2.32. The standard InChI is InChI=1S/C23H36N4O3S/c1-7-8-13-27(19-15-22(3,4)26-23(5,6)16-19)21(28)18-10-9-17(2)20(14-18)31(29,30)25-12-11-24/h9-10,14,19,25-26H,7-8,12-13,15-16H2,1-6H3. The summed E-state index contributed by atoms with van der Waals surface area (Å²) in [6, 6.07) is 6.62. The molecular weight excluding hydrogens is 412 g/mol. The maximum absolute atomic E-state index is 13.6. The van der Waals surface area contributed by atoms with Gasteiger partial charge in [-0.25, -0.2) is 8.42 Å². The van der Waals surface area contributed by atoms with E-state index < -0.39 is 10.0 Å². The Hall–Kier alpha value is -1.95. The van der Waals surface area contributed by atoms with Gasteiger partial charge in [-0.3, -0.25) is 4.79 Å². The van der Waals surface area contributed by atoms with E-state index >= 15 is 0 Å². The number of benzene rings is 1. The average molecular weight is 449 g/mol. The molecule has 0 spiro atoms. The lowest BCUT2D eigenvalue weighted by Crippen LogP contribution is -2.62. The first-order valence-corrected chi connectivity index (χ1v) is 12.4. The SMILES string of the molecule is CCCCN(C(=O)c1ccc(C)c(S(=O)(=O)NCC#N)c1)C1CC(C)(C)NC(C)(C)C1. The number of nitrogens with one attached hydrogen (secondary N) is 2. The fraction of sp³-hybridized carbons (Fsp3) is 0.652. The molecule has 2 rings (SSSR count). The van der Waals surface area contributed by atoms with Gasteiger partial charge in [0.2, 0.25) is 10.0 Å². The summed E-state index contributed by atoms with van der Waals surface area (Å²) in [7, 11) is -3.87. The summed E-state index contributed by atoms with van der Waals surface area (Å²) < 4.78 is 27.5. The van der Waals surface area contributed by atoms with Crippen molar-refractivity contribution in [2.24, 2.45) is 0 Å². The van der Waals surface area contributed by atoms with Crippen LogP contribution in [0, 0.1) is 18.3 Å². The van der Waals surface area contributed by atoms with Crippen molar-refractivity contribution < 1.29 is 13.2 Å². The first-order chi connectivity index (χ1) is 14.3. The summed E-state index contributed by atoms with van der Waals surface area (Å²) in [5.41, 5.74) is 0.666. The number of sulfonamides is 1. The van der Waals surface area contributed by atoms with Crippen LogP contribution < -0.4 is 10.0 Å². The average Bonchev–Trinajstić information content (AvgIpc) is 2.64. The summed E-state index contributed by atoms with van der Waals surface area (Å²) in [5.74, 6) is -0.149. The number of nitriles is 1. The Morgan fingerprint density at radius 3 is 2.42 bits per heavy atom. The molecule has 0 unspecified atom stereocenters. The van der Waals surface area contributed by atoms with Crippen LogP contribution in [0.25, 0.3) is 0 Å². The summed E-state index contributed by atoms with van der Waals surface area (Å²) in [4.78, 5) is 15.6. The first kappa shape index (κ1) is 25.3. The second-order valence-electron chi connectivity index (χ2n) is 9.77. The van der Waals surface area contributed by atoms with Crippen molar-refractivity contribution in [3.8, 4) is 6.07 Å². The Labute approximate surface area is 187 Å². The number of nitrogens with zero attached hydrogens (tertiary/aromatic N) is 2. The second kappa shape index (κ2) is 9.68. The zero-order valence-corrected chi connectivity index (χ0v) is 20.4. The minimum Gasteiger partial charge on any atom is -0.336 e. The van der Waals surface area contributed by atoms with Gasteiger partial charge in [-0.15, -0.1) is 0 Å². The molecule has 8 heteroatoms. The fourth-order valence-electron chi connectivity index (χ4n) is 4.66. The van der Waals surface area contributed by atoms with Crippen LogP contribution in [0.3, 0.4) is 0 Å². The lowest BCUT2D eigenvalue weighted by molar-refractivity contribution is 0.0441. The lowest BCUT2D eigenvalue weighted by Gasteiger charge is -2.49. The molecule has 0 radical (unpaired) electrons. The second-order valence-corrected chi connectivity index (χ2v) is 11.5. The topological polar surface area (TPSA) is 102 Å². The Morgan fingerprint density at radius 1 is 1.26 bits per heavy atom. The van der Waals surface area contributed by atoms with E-state index in [0.29, 0.717) is 17.7 Å². The van der Waals surface area contributed by atoms with Gasteiger partial charge in [0.1, 0.15) is 0 Å². The van der Waals surface area contributed by atoms with Crippen LogP contribution in [0.15, 0.2) is 23.1 Å². The fourth-order valence-corrected chi connectivity index (χ4v) is 5.84. The largest absolute Gasteiger partial charge is 0.336 e. The molecule has 1 aliphatic heterocycles. The van der Waals surface area contributed by atoms with Crippen molar-refractivity contribution >= 4 is 15.9 Å². The highest BCUT2D eigenvalue weighted by molar-refractivity contribution is 7.89. The molecule has 172 valence electrons. The number of rotatable bonds is 8. The van der Waals surface area contributed by atoms with Gasteiger partial charge >= 0.3 is 0 Å². The predicted molar refractivity (Wildman–Crippen MR) is 122 cm³/mol. The van der Waals surface area contributed by atoms with Gasteiger partial charge in [0.25, 0.3) is 5.91 Å². The first-order valence-electron chi connectivity index (χ1n) is 10.9. The van der Waals surface area contributed by atoms with Crippen LogP contribution in [0.5, 0.6) is 0 Å². The number of hydrogen-bond donors (Lipinski definition) is 2. The molecule has 1 aromatic carbocycles. The van der Waals surface area contributed by atoms with Crippen LogP contribution in [0.4, 0.5) is 0 Å². The van der Waals surface area contributed by atoms with Crippen LogP contribution in [0.2, 0.25) is 0 Å². The van der Waals surface area contributed by atoms with Crippen molar-refractivity contribution in [3.05, 3.63) is 29.3 Å². The third-order valence-corrected chi connectivity index (χ3v) is 7.23. The Kier molecular flexibility index (Phi) is 7.90. The number of unbranched alkanes of at least 4 members (excludes halogenated alkanes) is 1. The lowest BCUT2D eigenvalue weighted by atomic mass is 9.78.